The molecule has 0 spiro atoms. The number of aromatic nitrogens is 2. The molecule has 0 unspecified atom stereocenters. The summed E-state index contributed by atoms with van der Waals surface area (Å²) in [7, 11) is 1.90. The van der Waals surface area contributed by atoms with Gasteiger partial charge in [-0.1, -0.05) is 25.5 Å². The van der Waals surface area contributed by atoms with Crippen molar-refractivity contribution in [2.75, 3.05) is 13.1 Å². The minimum absolute atomic E-state index is 0.0203. The number of nitrogens with zero attached hydrogens (tertiary/aromatic N) is 3. The molecule has 134 valence electrons. The van der Waals surface area contributed by atoms with Crippen LogP contribution in [0.3, 0.4) is 0 Å². The highest BCUT2D eigenvalue weighted by Gasteiger charge is 2.17. The van der Waals surface area contributed by atoms with Crippen molar-refractivity contribution in [1.29, 1.82) is 0 Å². The molecular weight excluding hydrogens is 312 g/mol. The summed E-state index contributed by atoms with van der Waals surface area (Å²) in [6.07, 6.45) is 6.54. The predicted octanol–water partition coefficient (Wildman–Crippen LogP) is 3.29. The van der Waals surface area contributed by atoms with Crippen LogP contribution in [0.25, 0.3) is 0 Å². The Balaban J connectivity index is 1.61. The highest BCUT2D eigenvalue weighted by molar-refractivity contribution is 5.94. The van der Waals surface area contributed by atoms with Crippen molar-refractivity contribution < 1.29 is 4.79 Å². The third-order valence-electron chi connectivity index (χ3n) is 5.00. The lowest BCUT2D eigenvalue weighted by atomic mass is 10.1. The molecule has 1 aliphatic heterocycles. The quantitative estimate of drug-likeness (QED) is 0.878. The van der Waals surface area contributed by atoms with Crippen molar-refractivity contribution in [3.05, 3.63) is 53.3 Å². The topological polar surface area (TPSA) is 50.2 Å². The van der Waals surface area contributed by atoms with E-state index in [0.717, 1.165) is 18.7 Å². The summed E-state index contributed by atoms with van der Waals surface area (Å²) in [6.45, 7) is 5.42. The van der Waals surface area contributed by atoms with Crippen molar-refractivity contribution >= 4 is 5.91 Å². The number of rotatable bonds is 6. The molecule has 0 saturated carbocycles. The number of amides is 1. The Kier molecular flexibility index (Phi) is 5.87. The van der Waals surface area contributed by atoms with Gasteiger partial charge in [0, 0.05) is 25.4 Å². The molecule has 2 aromatic rings. The number of benzene rings is 1. The molecule has 1 saturated heterocycles. The van der Waals surface area contributed by atoms with Crippen molar-refractivity contribution in [3.8, 4) is 0 Å². The first-order valence-corrected chi connectivity index (χ1v) is 9.27. The number of carbonyl (C=O) groups excluding carboxylic acids is 1. The zero-order valence-electron chi connectivity index (χ0n) is 15.2. The van der Waals surface area contributed by atoms with E-state index in [4.69, 9.17) is 0 Å². The van der Waals surface area contributed by atoms with Gasteiger partial charge in [-0.15, -0.1) is 0 Å². The summed E-state index contributed by atoms with van der Waals surface area (Å²) in [4.78, 5) is 15.1. The fourth-order valence-corrected chi connectivity index (χ4v) is 3.49. The molecule has 0 bridgehead atoms. The lowest BCUT2D eigenvalue weighted by Crippen LogP contribution is -2.30. The van der Waals surface area contributed by atoms with Gasteiger partial charge in [0.05, 0.1) is 11.7 Å². The average molecular weight is 340 g/mol. The van der Waals surface area contributed by atoms with Gasteiger partial charge in [-0.2, -0.15) is 5.10 Å². The molecule has 1 aromatic heterocycles. The summed E-state index contributed by atoms with van der Waals surface area (Å²) >= 11 is 0. The van der Waals surface area contributed by atoms with Gasteiger partial charge >= 0.3 is 0 Å². The van der Waals surface area contributed by atoms with Crippen molar-refractivity contribution in [2.45, 2.75) is 45.2 Å². The Morgan fingerprint density at radius 1 is 1.16 bits per heavy atom. The van der Waals surface area contributed by atoms with Crippen LogP contribution >= 0.6 is 0 Å². The maximum Gasteiger partial charge on any atom is 0.251 e. The van der Waals surface area contributed by atoms with Crippen LogP contribution in [-0.4, -0.2) is 33.7 Å². The largest absolute Gasteiger partial charge is 0.344 e. The van der Waals surface area contributed by atoms with Gasteiger partial charge in [0.25, 0.3) is 5.91 Å². The molecule has 0 aliphatic carbocycles. The number of nitrogens with one attached hydrogen (secondary N) is 1. The summed E-state index contributed by atoms with van der Waals surface area (Å²) in [6, 6.07) is 9.96. The van der Waals surface area contributed by atoms with Crippen LogP contribution in [0.5, 0.6) is 0 Å². The smallest absolute Gasteiger partial charge is 0.251 e. The Morgan fingerprint density at radius 2 is 1.88 bits per heavy atom. The van der Waals surface area contributed by atoms with Gasteiger partial charge < -0.3 is 5.32 Å². The monoisotopic (exact) mass is 340 g/mol. The number of hydrogen-bond donors (Lipinski definition) is 1. The number of carbonyl (C=O) groups is 1. The van der Waals surface area contributed by atoms with E-state index in [1.54, 1.807) is 6.20 Å². The van der Waals surface area contributed by atoms with Crippen molar-refractivity contribution in [2.24, 2.45) is 7.05 Å². The summed E-state index contributed by atoms with van der Waals surface area (Å²) in [5.74, 6) is -0.0300. The summed E-state index contributed by atoms with van der Waals surface area (Å²) in [5.41, 5.74) is 3.01. The summed E-state index contributed by atoms with van der Waals surface area (Å²) < 4.78 is 1.82. The first-order valence-electron chi connectivity index (χ1n) is 9.27. The molecule has 0 radical (unpaired) electrons. The first kappa shape index (κ1) is 17.7. The number of aryl methyl sites for hydroxylation is 1. The van der Waals surface area contributed by atoms with Crippen LogP contribution in [0, 0.1) is 0 Å². The van der Waals surface area contributed by atoms with E-state index in [0.29, 0.717) is 5.56 Å². The molecule has 3 rings (SSSR count). The maximum atomic E-state index is 12.6. The van der Waals surface area contributed by atoms with Crippen LogP contribution in [0.1, 0.15) is 60.3 Å². The first-order chi connectivity index (χ1) is 12.2. The zero-order valence-corrected chi connectivity index (χ0v) is 15.2. The number of likely N-dealkylation sites (tertiary alicyclic amines) is 1. The van der Waals surface area contributed by atoms with Crippen molar-refractivity contribution in [3.63, 3.8) is 0 Å². The third-order valence-corrected chi connectivity index (χ3v) is 5.00. The van der Waals surface area contributed by atoms with E-state index >= 15 is 0 Å². The standard InChI is InChI=1S/C20H28N4O/c1-3-18(19-11-12-21-23(19)2)22-20(25)17-9-7-16(8-10-17)15-24-13-5-4-6-14-24/h7-12,18H,3-6,13-15H2,1-2H3,(H,22,25)/t18-/m1/s1. The molecule has 5 heteroatoms. The maximum absolute atomic E-state index is 12.6. The number of piperidine rings is 1. The van der Waals surface area contributed by atoms with E-state index in [1.807, 2.05) is 29.9 Å². The second kappa shape index (κ2) is 8.30. The minimum atomic E-state index is -0.0300. The van der Waals surface area contributed by atoms with Crippen LogP contribution in [0.4, 0.5) is 0 Å². The second-order valence-corrected chi connectivity index (χ2v) is 6.85. The molecule has 1 N–H and O–H groups in total. The lowest BCUT2D eigenvalue weighted by Gasteiger charge is -2.26. The molecule has 5 nitrogen and oxygen atoms in total. The van der Waals surface area contributed by atoms with Crippen LogP contribution in [0.15, 0.2) is 36.5 Å². The Labute approximate surface area is 150 Å². The third kappa shape index (κ3) is 4.48. The van der Waals surface area contributed by atoms with E-state index in [-0.39, 0.29) is 11.9 Å². The van der Waals surface area contributed by atoms with Gasteiger partial charge in [0.1, 0.15) is 0 Å². The molecule has 1 fully saturated rings. The molecular formula is C20H28N4O. The highest BCUT2D eigenvalue weighted by Crippen LogP contribution is 2.17. The molecule has 25 heavy (non-hydrogen) atoms. The molecule has 1 amide bonds. The average Bonchev–Trinajstić information content (AvgIpc) is 3.07. The minimum Gasteiger partial charge on any atom is -0.344 e. The molecule has 1 aliphatic rings. The Hall–Kier alpha value is -2.14. The van der Waals surface area contributed by atoms with Crippen molar-refractivity contribution in [1.82, 2.24) is 20.0 Å². The van der Waals surface area contributed by atoms with E-state index < -0.39 is 0 Å². The van der Waals surface area contributed by atoms with Gasteiger partial charge in [0.15, 0.2) is 0 Å². The zero-order chi connectivity index (χ0) is 17.6. The van der Waals surface area contributed by atoms with Gasteiger partial charge in [-0.05, 0) is 56.1 Å². The van der Waals surface area contributed by atoms with Gasteiger partial charge in [-0.25, -0.2) is 0 Å². The second-order valence-electron chi connectivity index (χ2n) is 6.85. The Bertz CT molecular complexity index is 686. The SMILES string of the molecule is CC[C@@H](NC(=O)c1ccc(CN2CCCCC2)cc1)c1ccnn1C. The normalized spacial score (nSPS) is 16.6. The fraction of sp³-hybridized carbons (Fsp3) is 0.500. The lowest BCUT2D eigenvalue weighted by molar-refractivity contribution is 0.0934. The fourth-order valence-electron chi connectivity index (χ4n) is 3.49. The van der Waals surface area contributed by atoms with Crippen LogP contribution in [0.2, 0.25) is 0 Å². The van der Waals surface area contributed by atoms with Gasteiger partial charge in [-0.3, -0.25) is 14.4 Å². The van der Waals surface area contributed by atoms with E-state index in [9.17, 15) is 4.79 Å². The van der Waals surface area contributed by atoms with E-state index in [2.05, 4.69) is 34.4 Å². The molecule has 1 aromatic carbocycles. The predicted molar refractivity (Wildman–Crippen MR) is 99.3 cm³/mol. The molecule has 2 heterocycles. The highest BCUT2D eigenvalue weighted by atomic mass is 16.1. The summed E-state index contributed by atoms with van der Waals surface area (Å²) in [5, 5.41) is 7.31. The number of hydrogen-bond acceptors (Lipinski definition) is 3. The Morgan fingerprint density at radius 3 is 2.48 bits per heavy atom. The van der Waals surface area contributed by atoms with Gasteiger partial charge in [0.2, 0.25) is 0 Å². The van der Waals surface area contributed by atoms with Crippen LogP contribution in [-0.2, 0) is 13.6 Å². The van der Waals surface area contributed by atoms with Crippen LogP contribution < -0.4 is 5.32 Å². The molecule has 1 atom stereocenters. The van der Waals surface area contributed by atoms with E-state index in [1.165, 1.54) is 37.9 Å².